The Kier molecular flexibility index (Phi) is 6.02. The van der Waals surface area contributed by atoms with Crippen LogP contribution in [-0.2, 0) is 29.3 Å². The Morgan fingerprint density at radius 1 is 1.00 bits per heavy atom. The lowest BCUT2D eigenvalue weighted by atomic mass is 10.0. The molecule has 0 fully saturated rings. The van der Waals surface area contributed by atoms with Gasteiger partial charge in [0.25, 0.3) is 15.9 Å². The summed E-state index contributed by atoms with van der Waals surface area (Å²) in [4.78, 5) is 12.9. The largest absolute Gasteiger partial charge is 0.321 e. The predicted octanol–water partition coefficient (Wildman–Crippen LogP) is 4.95. The van der Waals surface area contributed by atoms with E-state index in [1.165, 1.54) is 10.4 Å². The summed E-state index contributed by atoms with van der Waals surface area (Å²) < 4.78 is 42.6. The fraction of sp³-hybridized carbons (Fsp3) is 0.240. The van der Waals surface area contributed by atoms with E-state index in [0.29, 0.717) is 37.2 Å². The normalized spacial score (nSPS) is 13.2. The lowest BCUT2D eigenvalue weighted by molar-refractivity contribution is 0.102. The number of anilines is 2. The smallest absolute Gasteiger partial charge is 0.264 e. The molecule has 1 N–H and O–H groups in total. The Balaban J connectivity index is 1.69. The second-order valence-corrected chi connectivity index (χ2v) is 9.57. The van der Waals surface area contributed by atoms with Crippen LogP contribution in [-0.4, -0.2) is 20.9 Å². The molecule has 1 amide bonds. The molecule has 0 bridgehead atoms. The first-order valence-corrected chi connectivity index (χ1v) is 12.1. The van der Waals surface area contributed by atoms with Crippen molar-refractivity contribution in [1.82, 2.24) is 0 Å². The van der Waals surface area contributed by atoms with Crippen LogP contribution < -0.4 is 9.62 Å². The van der Waals surface area contributed by atoms with Crippen LogP contribution in [0.3, 0.4) is 0 Å². The van der Waals surface area contributed by atoms with Crippen molar-refractivity contribution >= 4 is 27.3 Å². The van der Waals surface area contributed by atoms with Gasteiger partial charge in [-0.3, -0.25) is 9.10 Å². The monoisotopic (exact) mass is 452 g/mol. The van der Waals surface area contributed by atoms with Crippen molar-refractivity contribution in [2.75, 3.05) is 16.2 Å². The molecule has 0 atom stereocenters. The van der Waals surface area contributed by atoms with Gasteiger partial charge >= 0.3 is 0 Å². The van der Waals surface area contributed by atoms with Crippen molar-refractivity contribution in [2.45, 2.75) is 38.0 Å². The van der Waals surface area contributed by atoms with Crippen LogP contribution in [0.5, 0.6) is 0 Å². The van der Waals surface area contributed by atoms with Crippen molar-refractivity contribution in [3.05, 3.63) is 88.7 Å². The SMILES string of the molecule is CCc1cccc(CC)c1NC(=O)c1cc(S(=O)(=O)N2CCc3ccccc32)ccc1F. The Bertz CT molecular complexity index is 1270. The number of amides is 1. The molecule has 0 saturated carbocycles. The molecular formula is C25H25FN2O3S. The van der Waals surface area contributed by atoms with Gasteiger partial charge in [0.05, 0.1) is 16.1 Å². The molecule has 0 saturated heterocycles. The minimum absolute atomic E-state index is 0.111. The van der Waals surface area contributed by atoms with E-state index in [1.54, 1.807) is 12.1 Å². The molecular weight excluding hydrogens is 427 g/mol. The van der Waals surface area contributed by atoms with Crippen LogP contribution >= 0.6 is 0 Å². The summed E-state index contributed by atoms with van der Waals surface area (Å²) in [5.74, 6) is -1.44. The van der Waals surface area contributed by atoms with E-state index in [-0.39, 0.29) is 10.5 Å². The summed E-state index contributed by atoms with van der Waals surface area (Å²) in [5, 5.41) is 2.81. The maximum atomic E-state index is 14.6. The Morgan fingerprint density at radius 3 is 2.38 bits per heavy atom. The van der Waals surface area contributed by atoms with Crippen LogP contribution in [0.15, 0.2) is 65.6 Å². The molecule has 3 aromatic rings. The first kappa shape index (κ1) is 22.0. The van der Waals surface area contributed by atoms with E-state index in [9.17, 15) is 17.6 Å². The number of sulfonamides is 1. The number of rotatable bonds is 6. The number of halogens is 1. The second kappa shape index (κ2) is 8.74. The minimum atomic E-state index is -3.94. The molecule has 166 valence electrons. The number of aryl methyl sites for hydroxylation is 2. The number of hydrogen-bond acceptors (Lipinski definition) is 3. The van der Waals surface area contributed by atoms with E-state index >= 15 is 0 Å². The highest BCUT2D eigenvalue weighted by molar-refractivity contribution is 7.92. The molecule has 3 aromatic carbocycles. The van der Waals surface area contributed by atoms with Gasteiger partial charge in [-0.2, -0.15) is 0 Å². The molecule has 0 spiro atoms. The van der Waals surface area contributed by atoms with Gasteiger partial charge < -0.3 is 5.32 Å². The third-order valence-corrected chi connectivity index (χ3v) is 7.66. The van der Waals surface area contributed by atoms with Gasteiger partial charge in [0.2, 0.25) is 0 Å². The van der Waals surface area contributed by atoms with Gasteiger partial charge in [0.1, 0.15) is 5.82 Å². The number of benzene rings is 3. The molecule has 0 radical (unpaired) electrons. The lowest BCUT2D eigenvalue weighted by Gasteiger charge is -2.20. The molecule has 0 aromatic heterocycles. The van der Waals surface area contributed by atoms with Crippen molar-refractivity contribution < 1.29 is 17.6 Å². The molecule has 4 rings (SSSR count). The molecule has 0 unspecified atom stereocenters. The van der Waals surface area contributed by atoms with Crippen molar-refractivity contribution in [1.29, 1.82) is 0 Å². The van der Waals surface area contributed by atoms with Gasteiger partial charge in [0, 0.05) is 12.2 Å². The van der Waals surface area contributed by atoms with Gasteiger partial charge in [-0.25, -0.2) is 12.8 Å². The summed E-state index contributed by atoms with van der Waals surface area (Å²) in [6.45, 7) is 4.27. The molecule has 32 heavy (non-hydrogen) atoms. The van der Waals surface area contributed by atoms with Crippen molar-refractivity contribution in [3.8, 4) is 0 Å². The number of nitrogens with one attached hydrogen (secondary N) is 1. The fourth-order valence-corrected chi connectivity index (χ4v) is 5.64. The zero-order chi connectivity index (χ0) is 22.9. The third-order valence-electron chi connectivity index (χ3n) is 5.85. The van der Waals surface area contributed by atoms with E-state index in [1.807, 2.05) is 44.2 Å². The van der Waals surface area contributed by atoms with Crippen LogP contribution in [0.1, 0.15) is 40.9 Å². The lowest BCUT2D eigenvalue weighted by Crippen LogP contribution is -2.29. The first-order valence-electron chi connectivity index (χ1n) is 10.7. The maximum absolute atomic E-state index is 14.6. The zero-order valence-electron chi connectivity index (χ0n) is 18.1. The van der Waals surface area contributed by atoms with E-state index < -0.39 is 21.7 Å². The highest BCUT2D eigenvalue weighted by Crippen LogP contribution is 2.33. The van der Waals surface area contributed by atoms with Crippen molar-refractivity contribution in [3.63, 3.8) is 0 Å². The molecule has 0 aliphatic carbocycles. The summed E-state index contributed by atoms with van der Waals surface area (Å²) in [6.07, 6.45) is 2.01. The van der Waals surface area contributed by atoms with E-state index in [2.05, 4.69) is 5.32 Å². The number of carbonyl (C=O) groups is 1. The summed E-state index contributed by atoms with van der Waals surface area (Å²) in [6, 6.07) is 16.4. The number of fused-ring (bicyclic) bond motifs is 1. The minimum Gasteiger partial charge on any atom is -0.321 e. The van der Waals surface area contributed by atoms with Gasteiger partial charge in [-0.15, -0.1) is 0 Å². The Labute approximate surface area is 187 Å². The maximum Gasteiger partial charge on any atom is 0.264 e. The van der Waals surface area contributed by atoms with Gasteiger partial charge in [0.15, 0.2) is 0 Å². The third kappa shape index (κ3) is 3.88. The number of hydrogen-bond donors (Lipinski definition) is 1. The highest BCUT2D eigenvalue weighted by Gasteiger charge is 2.31. The fourth-order valence-electron chi connectivity index (χ4n) is 4.11. The molecule has 1 aliphatic rings. The Hall–Kier alpha value is -3.19. The molecule has 1 aliphatic heterocycles. The molecule has 5 nitrogen and oxygen atoms in total. The summed E-state index contributed by atoms with van der Waals surface area (Å²) in [7, 11) is -3.94. The quantitative estimate of drug-likeness (QED) is 0.575. The van der Waals surface area contributed by atoms with E-state index in [4.69, 9.17) is 0 Å². The molecule has 7 heteroatoms. The summed E-state index contributed by atoms with van der Waals surface area (Å²) >= 11 is 0. The van der Waals surface area contributed by atoms with Crippen LogP contribution in [0.2, 0.25) is 0 Å². The number of nitrogens with zero attached hydrogens (tertiary/aromatic N) is 1. The zero-order valence-corrected chi connectivity index (χ0v) is 18.9. The van der Waals surface area contributed by atoms with Crippen LogP contribution in [0, 0.1) is 5.82 Å². The highest BCUT2D eigenvalue weighted by atomic mass is 32.2. The number of carbonyl (C=O) groups excluding carboxylic acids is 1. The van der Waals surface area contributed by atoms with Crippen molar-refractivity contribution in [2.24, 2.45) is 0 Å². The van der Waals surface area contributed by atoms with Crippen LogP contribution in [0.4, 0.5) is 15.8 Å². The van der Waals surface area contributed by atoms with Gasteiger partial charge in [-0.1, -0.05) is 50.2 Å². The molecule has 1 heterocycles. The summed E-state index contributed by atoms with van der Waals surface area (Å²) in [5.41, 5.74) is 3.80. The predicted molar refractivity (Wildman–Crippen MR) is 124 cm³/mol. The average Bonchev–Trinajstić information content (AvgIpc) is 3.24. The second-order valence-electron chi connectivity index (χ2n) is 7.71. The first-order chi connectivity index (χ1) is 15.4. The standard InChI is InChI=1S/C25H25FN2O3S/c1-3-17-9-7-10-18(4-2)24(17)27-25(29)21-16-20(12-13-22(21)26)32(30,31)28-15-14-19-8-5-6-11-23(19)28/h5-13,16H,3-4,14-15H2,1-2H3,(H,27,29). The topological polar surface area (TPSA) is 66.5 Å². The average molecular weight is 453 g/mol. The Morgan fingerprint density at radius 2 is 1.69 bits per heavy atom. The van der Waals surface area contributed by atoms with Crippen LogP contribution in [0.25, 0.3) is 0 Å². The van der Waals surface area contributed by atoms with E-state index in [0.717, 1.165) is 28.8 Å². The number of para-hydroxylation sites is 2. The van der Waals surface area contributed by atoms with Gasteiger partial charge in [-0.05, 0) is 60.2 Å².